The minimum absolute atomic E-state index is 0.0317. The number of hydrogen-bond donors (Lipinski definition) is 2. The number of fused-ring (bicyclic) bond motifs is 2. The first-order valence-electron chi connectivity index (χ1n) is 10.1. The molecule has 3 aliphatic heterocycles. The Bertz CT molecular complexity index is 1080. The van der Waals surface area contributed by atoms with Crippen LogP contribution in [0.5, 0.6) is 5.75 Å². The van der Waals surface area contributed by atoms with Gasteiger partial charge in [-0.1, -0.05) is 24.3 Å². The van der Waals surface area contributed by atoms with E-state index in [2.05, 4.69) is 14.9 Å². The van der Waals surface area contributed by atoms with Crippen molar-refractivity contribution in [1.82, 2.24) is 9.62 Å². The van der Waals surface area contributed by atoms with Crippen molar-refractivity contribution in [2.24, 2.45) is 0 Å². The first-order chi connectivity index (χ1) is 14.5. The highest BCUT2D eigenvalue weighted by molar-refractivity contribution is 7.89. The highest BCUT2D eigenvalue weighted by Crippen LogP contribution is 2.35. The molecule has 0 saturated carbocycles. The van der Waals surface area contributed by atoms with Gasteiger partial charge in [0, 0.05) is 13.1 Å². The number of amides is 1. The van der Waals surface area contributed by atoms with Gasteiger partial charge in [-0.25, -0.2) is 8.42 Å². The summed E-state index contributed by atoms with van der Waals surface area (Å²) in [7, 11) is -3.56. The molecule has 1 spiro atoms. The molecule has 5 rings (SSSR count). The summed E-state index contributed by atoms with van der Waals surface area (Å²) in [5.41, 5.74) is 0.726. The molecule has 3 heterocycles. The number of carbonyl (C=O) groups excluding carboxylic acids is 1. The van der Waals surface area contributed by atoms with Crippen LogP contribution in [0.3, 0.4) is 0 Å². The van der Waals surface area contributed by atoms with E-state index in [4.69, 9.17) is 4.74 Å². The third-order valence-corrected chi connectivity index (χ3v) is 7.57. The number of sulfonamides is 1. The van der Waals surface area contributed by atoms with Crippen LogP contribution in [-0.4, -0.2) is 57.7 Å². The van der Waals surface area contributed by atoms with Crippen LogP contribution < -0.4 is 19.7 Å². The summed E-state index contributed by atoms with van der Waals surface area (Å²) in [6, 6.07) is 14.5. The number of nitrogens with one attached hydrogen (secondary N) is 2. The molecule has 9 heteroatoms. The van der Waals surface area contributed by atoms with Gasteiger partial charge in [-0.05, 0) is 37.1 Å². The topological polar surface area (TPSA) is 91.0 Å². The second kappa shape index (κ2) is 7.26. The van der Waals surface area contributed by atoms with E-state index < -0.39 is 15.7 Å². The molecule has 0 aromatic heterocycles. The first kappa shape index (κ1) is 19.3. The van der Waals surface area contributed by atoms with Crippen LogP contribution in [0.1, 0.15) is 12.8 Å². The molecule has 8 nitrogen and oxygen atoms in total. The van der Waals surface area contributed by atoms with Crippen LogP contribution in [0.2, 0.25) is 0 Å². The van der Waals surface area contributed by atoms with Gasteiger partial charge in [-0.3, -0.25) is 9.69 Å². The second-order valence-corrected chi connectivity index (χ2v) is 9.60. The molecule has 1 fully saturated rings. The lowest BCUT2D eigenvalue weighted by atomic mass is 9.97. The Kier molecular flexibility index (Phi) is 4.68. The molecular formula is C21H24N4O4S. The highest BCUT2D eigenvalue weighted by atomic mass is 32.2. The Labute approximate surface area is 175 Å². The van der Waals surface area contributed by atoms with Crippen molar-refractivity contribution < 1.29 is 17.9 Å². The molecule has 1 amide bonds. The highest BCUT2D eigenvalue weighted by Gasteiger charge is 2.43. The summed E-state index contributed by atoms with van der Waals surface area (Å²) in [6.45, 7) is 2.56. The molecule has 2 aromatic rings. The summed E-state index contributed by atoms with van der Waals surface area (Å²) in [5.74, 6) is 0.762. The minimum Gasteiger partial charge on any atom is -0.490 e. The van der Waals surface area contributed by atoms with Crippen LogP contribution in [0.15, 0.2) is 53.4 Å². The molecule has 1 saturated heterocycles. The van der Waals surface area contributed by atoms with Gasteiger partial charge in [-0.15, -0.1) is 0 Å². The predicted octanol–water partition coefficient (Wildman–Crippen LogP) is 1.61. The largest absolute Gasteiger partial charge is 0.490 e. The Morgan fingerprint density at radius 2 is 1.77 bits per heavy atom. The number of para-hydroxylation sites is 3. The summed E-state index contributed by atoms with van der Waals surface area (Å²) >= 11 is 0. The average Bonchev–Trinajstić information content (AvgIpc) is 2.74. The van der Waals surface area contributed by atoms with Crippen molar-refractivity contribution in [2.45, 2.75) is 23.4 Å². The summed E-state index contributed by atoms with van der Waals surface area (Å²) < 4.78 is 33.9. The fraction of sp³-hybridized carbons (Fsp3) is 0.381. The fourth-order valence-electron chi connectivity index (χ4n) is 4.42. The molecule has 0 bridgehead atoms. The lowest BCUT2D eigenvalue weighted by molar-refractivity contribution is -0.120. The molecule has 0 radical (unpaired) electrons. The third-order valence-electron chi connectivity index (χ3n) is 5.98. The molecular weight excluding hydrogens is 404 g/mol. The third kappa shape index (κ3) is 3.42. The normalized spacial score (nSPS) is 21.8. The number of rotatable bonds is 2. The summed E-state index contributed by atoms with van der Waals surface area (Å²) in [5, 5.41) is 3.39. The molecule has 0 atom stereocenters. The second-order valence-electron chi connectivity index (χ2n) is 7.95. The Hall–Kier alpha value is -2.62. The Balaban J connectivity index is 1.26. The molecule has 0 unspecified atom stereocenters. The van der Waals surface area contributed by atoms with Gasteiger partial charge in [0.2, 0.25) is 15.9 Å². The zero-order valence-corrected chi connectivity index (χ0v) is 17.3. The van der Waals surface area contributed by atoms with Gasteiger partial charge in [0.15, 0.2) is 0 Å². The van der Waals surface area contributed by atoms with E-state index >= 15 is 0 Å². The smallest absolute Gasteiger partial charge is 0.244 e. The maximum absolute atomic E-state index is 13.0. The van der Waals surface area contributed by atoms with Gasteiger partial charge in [0.1, 0.15) is 22.9 Å². The zero-order chi connectivity index (χ0) is 20.8. The molecule has 30 heavy (non-hydrogen) atoms. The standard InChI is InChI=1S/C21H24N4O4S/c26-20(25-13-14-29-18-7-3-2-6-17(18)25)15-24-11-9-21(10-12-24)22-16-5-1-4-8-19(16)30(27,28)23-21/h1-8,22-23H,9-15H2. The van der Waals surface area contributed by atoms with E-state index in [0.717, 1.165) is 11.4 Å². The first-order valence-corrected chi connectivity index (χ1v) is 11.6. The van der Waals surface area contributed by atoms with Gasteiger partial charge < -0.3 is 15.0 Å². The number of anilines is 2. The van der Waals surface area contributed by atoms with E-state index in [9.17, 15) is 13.2 Å². The lowest BCUT2D eigenvalue weighted by Crippen LogP contribution is -2.62. The number of piperidine rings is 1. The van der Waals surface area contributed by atoms with Crippen molar-refractivity contribution >= 4 is 27.3 Å². The number of carbonyl (C=O) groups is 1. The van der Waals surface area contributed by atoms with Crippen molar-refractivity contribution in [1.29, 1.82) is 0 Å². The van der Waals surface area contributed by atoms with Gasteiger partial charge >= 0.3 is 0 Å². The van der Waals surface area contributed by atoms with E-state index in [0.29, 0.717) is 51.3 Å². The predicted molar refractivity (Wildman–Crippen MR) is 113 cm³/mol. The molecule has 3 aliphatic rings. The molecule has 2 aromatic carbocycles. The van der Waals surface area contributed by atoms with Crippen LogP contribution in [-0.2, 0) is 14.8 Å². The zero-order valence-electron chi connectivity index (χ0n) is 16.5. The maximum atomic E-state index is 13.0. The van der Waals surface area contributed by atoms with Gasteiger partial charge in [0.25, 0.3) is 0 Å². The average molecular weight is 429 g/mol. The Morgan fingerprint density at radius 1 is 1.03 bits per heavy atom. The van der Waals surface area contributed by atoms with Crippen molar-refractivity contribution in [3.05, 3.63) is 48.5 Å². The lowest BCUT2D eigenvalue weighted by Gasteiger charge is -2.45. The Morgan fingerprint density at radius 3 is 2.60 bits per heavy atom. The molecule has 158 valence electrons. The summed E-state index contributed by atoms with van der Waals surface area (Å²) in [4.78, 5) is 17.1. The molecule has 0 aliphatic carbocycles. The van der Waals surface area contributed by atoms with Crippen LogP contribution >= 0.6 is 0 Å². The number of likely N-dealkylation sites (tertiary alicyclic amines) is 1. The van der Waals surface area contributed by atoms with Crippen molar-refractivity contribution in [3.63, 3.8) is 0 Å². The number of benzene rings is 2. The van der Waals surface area contributed by atoms with Crippen molar-refractivity contribution in [3.8, 4) is 5.75 Å². The van der Waals surface area contributed by atoms with Gasteiger partial charge in [0.05, 0.1) is 24.5 Å². The maximum Gasteiger partial charge on any atom is 0.244 e. The van der Waals surface area contributed by atoms with Gasteiger partial charge in [-0.2, -0.15) is 4.72 Å². The number of hydrogen-bond acceptors (Lipinski definition) is 6. The van der Waals surface area contributed by atoms with Crippen LogP contribution in [0.4, 0.5) is 11.4 Å². The summed E-state index contributed by atoms with van der Waals surface area (Å²) in [6.07, 6.45) is 1.15. The van der Waals surface area contributed by atoms with E-state index in [1.54, 1.807) is 23.1 Å². The minimum atomic E-state index is -3.56. The quantitative estimate of drug-likeness (QED) is 0.755. The van der Waals surface area contributed by atoms with E-state index in [-0.39, 0.29) is 10.8 Å². The van der Waals surface area contributed by atoms with E-state index in [1.807, 2.05) is 30.3 Å². The van der Waals surface area contributed by atoms with E-state index in [1.165, 1.54) is 0 Å². The monoisotopic (exact) mass is 428 g/mol. The number of ether oxygens (including phenoxy) is 1. The van der Waals surface area contributed by atoms with Crippen LogP contribution in [0, 0.1) is 0 Å². The number of nitrogens with zero attached hydrogens (tertiary/aromatic N) is 2. The van der Waals surface area contributed by atoms with Crippen LogP contribution in [0.25, 0.3) is 0 Å². The van der Waals surface area contributed by atoms with Crippen molar-refractivity contribution in [2.75, 3.05) is 43.0 Å². The fourth-order valence-corrected chi connectivity index (χ4v) is 5.97. The SMILES string of the molecule is O=C(CN1CCC2(CC1)Nc1ccccc1S(=O)(=O)N2)N1CCOc2ccccc21. The molecule has 2 N–H and O–H groups in total.